The Kier molecular flexibility index (Phi) is 19.3. The van der Waals surface area contributed by atoms with Crippen molar-refractivity contribution in [3.05, 3.63) is 51.5 Å². The molecule has 2 heterocycles. The summed E-state index contributed by atoms with van der Waals surface area (Å²) in [6.45, 7) is 15.1. The van der Waals surface area contributed by atoms with E-state index in [4.69, 9.17) is 9.47 Å². The largest absolute Gasteiger partial charge is 0.455 e. The van der Waals surface area contributed by atoms with Crippen molar-refractivity contribution in [2.24, 2.45) is 17.8 Å². The lowest BCUT2D eigenvalue weighted by Gasteiger charge is -2.39. The normalized spacial score (nSPS) is 17.7. The maximum Gasteiger partial charge on any atom is 0.307 e. The number of aromatic nitrogens is 1. The summed E-state index contributed by atoms with van der Waals surface area (Å²) in [6.07, 6.45) is 4.94. The summed E-state index contributed by atoms with van der Waals surface area (Å²) in [6, 6.07) is 5.78. The Balaban J connectivity index is 1.94. The van der Waals surface area contributed by atoms with Gasteiger partial charge in [0.1, 0.15) is 23.0 Å². The number of rotatable bonds is 22. The second kappa shape index (κ2) is 23.3. The molecule has 1 aromatic carbocycles. The van der Waals surface area contributed by atoms with Crippen LogP contribution in [0.15, 0.2) is 29.6 Å². The van der Waals surface area contributed by atoms with Gasteiger partial charge < -0.3 is 29.8 Å². The predicted molar refractivity (Wildman–Crippen MR) is 220 cm³/mol. The molecule has 57 heavy (non-hydrogen) atoms. The van der Waals surface area contributed by atoms with Crippen LogP contribution in [-0.4, -0.2) is 95.2 Å². The van der Waals surface area contributed by atoms with Crippen molar-refractivity contribution < 1.29 is 38.2 Å². The number of thiazole rings is 1. The molecular formula is C43H65N5O8S. The van der Waals surface area contributed by atoms with Gasteiger partial charge in [0.05, 0.1) is 6.04 Å². The van der Waals surface area contributed by atoms with E-state index < -0.39 is 41.9 Å². The van der Waals surface area contributed by atoms with Crippen molar-refractivity contribution in [3.8, 4) is 0 Å². The van der Waals surface area contributed by atoms with Crippen LogP contribution in [-0.2, 0) is 39.9 Å². The molecule has 13 nitrogen and oxygen atoms in total. The summed E-state index contributed by atoms with van der Waals surface area (Å²) in [5.74, 6) is -2.81. The first-order valence-corrected chi connectivity index (χ1v) is 21.4. The molecule has 0 bridgehead atoms. The number of nitrogens with zero attached hydrogens (tertiary/aromatic N) is 3. The van der Waals surface area contributed by atoms with Gasteiger partial charge in [-0.05, 0) is 70.0 Å². The highest BCUT2D eigenvalue weighted by Gasteiger charge is 2.39. The Bertz CT molecular complexity index is 1630. The molecule has 0 radical (unpaired) electrons. The number of hydrogen-bond acceptors (Lipinski definition) is 11. The van der Waals surface area contributed by atoms with Crippen LogP contribution in [0.25, 0.3) is 0 Å². The van der Waals surface area contributed by atoms with Crippen molar-refractivity contribution in [3.63, 3.8) is 0 Å². The number of nitrogens with one attached hydrogen (secondary N) is 2. The van der Waals surface area contributed by atoms with Gasteiger partial charge in [-0.3, -0.25) is 28.9 Å². The van der Waals surface area contributed by atoms with Gasteiger partial charge in [0.2, 0.25) is 11.8 Å². The van der Waals surface area contributed by atoms with E-state index in [9.17, 15) is 28.8 Å². The molecular weight excluding hydrogens is 747 g/mol. The van der Waals surface area contributed by atoms with Crippen LogP contribution in [0.2, 0.25) is 0 Å². The number of carbonyl (C=O) groups excluding carboxylic acids is 6. The Labute approximate surface area is 343 Å². The van der Waals surface area contributed by atoms with Crippen molar-refractivity contribution in [2.45, 2.75) is 143 Å². The molecule has 3 rings (SSSR count). The van der Waals surface area contributed by atoms with Crippen molar-refractivity contribution in [2.75, 3.05) is 20.3 Å². The summed E-state index contributed by atoms with van der Waals surface area (Å²) >= 11 is 1.16. The summed E-state index contributed by atoms with van der Waals surface area (Å²) in [5.41, 5.74) is 2.27. The zero-order valence-corrected chi connectivity index (χ0v) is 36.2. The van der Waals surface area contributed by atoms with Gasteiger partial charge in [-0.1, -0.05) is 84.2 Å². The highest BCUT2D eigenvalue weighted by Crippen LogP contribution is 2.32. The fourth-order valence-corrected chi connectivity index (χ4v) is 7.98. The molecule has 0 spiro atoms. The van der Waals surface area contributed by atoms with Gasteiger partial charge in [0.15, 0.2) is 12.8 Å². The third-order valence-corrected chi connectivity index (χ3v) is 11.7. The molecule has 2 N–H and O–H groups in total. The van der Waals surface area contributed by atoms with Gasteiger partial charge in [0, 0.05) is 43.1 Å². The van der Waals surface area contributed by atoms with E-state index in [1.165, 1.54) is 11.8 Å². The van der Waals surface area contributed by atoms with E-state index in [1.54, 1.807) is 5.38 Å². The average Bonchev–Trinajstić information content (AvgIpc) is 3.67. The van der Waals surface area contributed by atoms with Gasteiger partial charge in [0.25, 0.3) is 5.91 Å². The van der Waals surface area contributed by atoms with Gasteiger partial charge in [-0.25, -0.2) is 4.98 Å². The maximum absolute atomic E-state index is 14.8. The number of hydrogen-bond donors (Lipinski definition) is 2. The van der Waals surface area contributed by atoms with Crippen molar-refractivity contribution in [1.82, 2.24) is 25.4 Å². The van der Waals surface area contributed by atoms with Gasteiger partial charge in [-0.15, -0.1) is 11.3 Å². The second-order valence-electron chi connectivity index (χ2n) is 16.0. The summed E-state index contributed by atoms with van der Waals surface area (Å²) < 4.78 is 11.5. The highest BCUT2D eigenvalue weighted by molar-refractivity contribution is 7.09. The van der Waals surface area contributed by atoms with Crippen LogP contribution in [0.5, 0.6) is 0 Å². The Morgan fingerprint density at radius 1 is 1.04 bits per heavy atom. The number of likely N-dealkylation sites (tertiary alicyclic amines) is 1. The molecule has 7 atom stereocenters. The SMILES string of the molecule is CCCC(=O)OCN(C(=O)[C@@H](NC(=O)[C@H]1CCCCN1C)C(C)CC)[C@H](C[C@@H](OC(C)=O)c1nc(C(=O)N[C@@H](Cc2ccc(C)cc2)C[C@H](C)C=O)cs1)C(C)C. The van der Waals surface area contributed by atoms with Crippen LogP contribution in [0.4, 0.5) is 0 Å². The molecule has 3 amide bonds. The number of carbonyl (C=O) groups is 6. The Hall–Kier alpha value is -4.17. The first kappa shape index (κ1) is 47.2. The summed E-state index contributed by atoms with van der Waals surface area (Å²) in [7, 11) is 1.92. The Morgan fingerprint density at radius 2 is 1.74 bits per heavy atom. The van der Waals surface area contributed by atoms with Crippen LogP contribution in [0, 0.1) is 24.7 Å². The number of likely N-dealkylation sites (N-methyl/N-ethyl adjacent to an activating group) is 1. The number of aldehydes is 1. The van der Waals surface area contributed by atoms with E-state index in [1.807, 2.05) is 84.7 Å². The minimum atomic E-state index is -0.950. The molecule has 1 fully saturated rings. The fourth-order valence-electron chi connectivity index (χ4n) is 7.14. The molecule has 316 valence electrons. The Morgan fingerprint density at radius 3 is 2.33 bits per heavy atom. The van der Waals surface area contributed by atoms with Crippen LogP contribution >= 0.6 is 11.3 Å². The number of benzene rings is 1. The zero-order chi connectivity index (χ0) is 42.2. The standard InChI is InChI=1S/C43H65N5O8S/c1-10-14-38(51)55-26-48(43(54)39(30(7)11-2)46-41(53)35-15-12-13-20-47(35)9)36(27(3)4)23-37(56-31(8)50)42-45-34(25-57-42)40(52)44-33(21-29(6)24-49)22-32-18-16-28(5)17-19-32/h16-19,24-25,27,29-30,33,35-37,39H,10-15,20-23,26H2,1-9H3,(H,44,52)(H,46,53)/t29-,30?,33+,35+,36+,37+,39-/m0/s1. The van der Waals surface area contributed by atoms with E-state index in [2.05, 4.69) is 15.6 Å². The topological polar surface area (TPSA) is 164 Å². The monoisotopic (exact) mass is 811 g/mol. The summed E-state index contributed by atoms with van der Waals surface area (Å²) in [4.78, 5) is 87.0. The quantitative estimate of drug-likeness (QED) is 0.0798. The number of ether oxygens (including phenoxy) is 2. The highest BCUT2D eigenvalue weighted by atomic mass is 32.1. The minimum Gasteiger partial charge on any atom is -0.455 e. The van der Waals surface area contributed by atoms with E-state index in [0.29, 0.717) is 37.1 Å². The molecule has 1 unspecified atom stereocenters. The smallest absolute Gasteiger partial charge is 0.307 e. The molecule has 1 aliphatic heterocycles. The number of aryl methyl sites for hydroxylation is 1. The van der Waals surface area contributed by atoms with Crippen molar-refractivity contribution in [1.29, 1.82) is 0 Å². The lowest BCUT2D eigenvalue weighted by Crippen LogP contribution is -2.59. The number of amides is 3. The first-order chi connectivity index (χ1) is 27.1. The average molecular weight is 812 g/mol. The predicted octanol–water partition coefficient (Wildman–Crippen LogP) is 6.18. The molecule has 1 saturated heterocycles. The van der Waals surface area contributed by atoms with E-state index >= 15 is 0 Å². The van der Waals surface area contributed by atoms with Crippen LogP contribution < -0.4 is 10.6 Å². The molecule has 2 aromatic rings. The maximum atomic E-state index is 14.8. The van der Waals surface area contributed by atoms with Crippen molar-refractivity contribution >= 4 is 47.3 Å². The third-order valence-electron chi connectivity index (χ3n) is 10.7. The van der Waals surface area contributed by atoms with Crippen LogP contribution in [0.3, 0.4) is 0 Å². The number of esters is 2. The van der Waals surface area contributed by atoms with E-state index in [-0.39, 0.29) is 61.0 Å². The molecule has 1 aliphatic rings. The van der Waals surface area contributed by atoms with Gasteiger partial charge >= 0.3 is 11.9 Å². The lowest BCUT2D eigenvalue weighted by molar-refractivity contribution is -0.160. The second-order valence-corrected chi connectivity index (χ2v) is 16.9. The summed E-state index contributed by atoms with van der Waals surface area (Å²) in [5, 5.41) is 8.08. The van der Waals surface area contributed by atoms with E-state index in [0.717, 1.165) is 48.1 Å². The lowest BCUT2D eigenvalue weighted by atomic mass is 9.92. The van der Waals surface area contributed by atoms with Crippen LogP contribution in [0.1, 0.15) is 133 Å². The molecule has 0 saturated carbocycles. The number of piperidine rings is 1. The fraction of sp³-hybridized carbons (Fsp3) is 0.651. The molecule has 14 heteroatoms. The zero-order valence-electron chi connectivity index (χ0n) is 35.4. The van der Waals surface area contributed by atoms with Gasteiger partial charge in [-0.2, -0.15) is 0 Å². The minimum absolute atomic E-state index is 0.0856. The molecule has 0 aliphatic carbocycles. The first-order valence-electron chi connectivity index (χ1n) is 20.5. The molecule has 1 aromatic heterocycles. The third kappa shape index (κ3) is 14.6.